The monoisotopic (exact) mass is 235 g/mol. The molecule has 1 aliphatic heterocycles. The van der Waals surface area contributed by atoms with E-state index in [1.807, 2.05) is 11.8 Å². The first-order chi connectivity index (χ1) is 8.03. The molecule has 0 aromatic carbocycles. The predicted octanol–water partition coefficient (Wildman–Crippen LogP) is 0.312. The number of piperidine rings is 1. The molecule has 2 rings (SSSR count). The lowest BCUT2D eigenvalue weighted by Crippen LogP contribution is -2.46. The maximum Gasteiger partial charge on any atom is 0.290 e. The summed E-state index contributed by atoms with van der Waals surface area (Å²) in [6, 6.07) is 0. The predicted molar refractivity (Wildman–Crippen MR) is 66.3 cm³/mol. The van der Waals surface area contributed by atoms with Gasteiger partial charge in [0.15, 0.2) is 5.82 Å². The number of nitrogens with zero attached hydrogens (tertiary/aromatic N) is 2. The van der Waals surface area contributed by atoms with Crippen LogP contribution in [0.4, 0.5) is 5.82 Å². The van der Waals surface area contributed by atoms with Crippen LogP contribution in [0.1, 0.15) is 19.8 Å². The molecule has 6 heteroatoms. The molecule has 17 heavy (non-hydrogen) atoms. The molecule has 92 valence electrons. The minimum Gasteiger partial charge on any atom is -0.387 e. The highest BCUT2D eigenvalue weighted by Gasteiger charge is 2.33. The minimum atomic E-state index is -0.238. The van der Waals surface area contributed by atoms with Gasteiger partial charge in [-0.1, -0.05) is 6.92 Å². The average Bonchev–Trinajstić information content (AvgIpc) is 2.31. The summed E-state index contributed by atoms with van der Waals surface area (Å²) in [6.07, 6.45) is 4.65. The summed E-state index contributed by atoms with van der Waals surface area (Å²) in [5.74, 6) is 0.685. The van der Waals surface area contributed by atoms with Crippen LogP contribution in [0.15, 0.2) is 17.2 Å². The topological polar surface area (TPSA) is 98.9 Å². The molecule has 0 spiro atoms. The van der Waals surface area contributed by atoms with E-state index in [9.17, 15) is 4.79 Å². The standard InChI is InChI=1S/C11H17N5O/c1-11(10(12)13)2-6-16(7-3-11)8-9(17)15-5-4-14-8/h4-5H,2-3,6-7H2,1H3,(H3,12,13)(H,15,17). The largest absolute Gasteiger partial charge is 0.387 e. The van der Waals surface area contributed by atoms with Crippen molar-refractivity contribution in [3.8, 4) is 0 Å². The maximum atomic E-state index is 11.6. The number of aromatic amines is 1. The van der Waals surface area contributed by atoms with E-state index in [-0.39, 0.29) is 16.8 Å². The van der Waals surface area contributed by atoms with Gasteiger partial charge in [-0.2, -0.15) is 0 Å². The fraction of sp³-hybridized carbons (Fsp3) is 0.545. The Bertz CT molecular complexity index is 473. The fourth-order valence-electron chi connectivity index (χ4n) is 2.05. The third-order valence-electron chi connectivity index (χ3n) is 3.51. The highest BCUT2D eigenvalue weighted by molar-refractivity contribution is 5.83. The third-order valence-corrected chi connectivity index (χ3v) is 3.51. The summed E-state index contributed by atoms with van der Waals surface area (Å²) >= 11 is 0. The summed E-state index contributed by atoms with van der Waals surface area (Å²) < 4.78 is 0. The van der Waals surface area contributed by atoms with Crippen molar-refractivity contribution in [3.05, 3.63) is 22.7 Å². The molecule has 0 radical (unpaired) electrons. The smallest absolute Gasteiger partial charge is 0.290 e. The zero-order valence-electron chi connectivity index (χ0n) is 9.86. The molecule has 1 aliphatic rings. The zero-order chi connectivity index (χ0) is 12.5. The lowest BCUT2D eigenvalue weighted by Gasteiger charge is -2.38. The Morgan fingerprint density at radius 1 is 1.59 bits per heavy atom. The normalized spacial score (nSPS) is 19.0. The van der Waals surface area contributed by atoms with Crippen molar-refractivity contribution in [2.45, 2.75) is 19.8 Å². The Hall–Kier alpha value is -1.85. The van der Waals surface area contributed by atoms with Crippen molar-refractivity contribution in [2.24, 2.45) is 11.1 Å². The lowest BCUT2D eigenvalue weighted by molar-refractivity contribution is 0.349. The first kappa shape index (κ1) is 11.6. The van der Waals surface area contributed by atoms with Crippen molar-refractivity contribution >= 4 is 11.7 Å². The number of nitrogens with two attached hydrogens (primary N) is 1. The molecular formula is C11H17N5O. The van der Waals surface area contributed by atoms with Crippen LogP contribution in [0.25, 0.3) is 0 Å². The first-order valence-corrected chi connectivity index (χ1v) is 5.66. The number of anilines is 1. The molecule has 0 bridgehead atoms. The number of hydrogen-bond donors (Lipinski definition) is 3. The van der Waals surface area contributed by atoms with Gasteiger partial charge < -0.3 is 15.6 Å². The van der Waals surface area contributed by atoms with Gasteiger partial charge in [0.2, 0.25) is 0 Å². The number of aromatic nitrogens is 2. The second-order valence-electron chi connectivity index (χ2n) is 4.70. The summed E-state index contributed by atoms with van der Waals surface area (Å²) in [7, 11) is 0. The van der Waals surface area contributed by atoms with Crippen LogP contribution in [-0.2, 0) is 0 Å². The second kappa shape index (κ2) is 4.20. The van der Waals surface area contributed by atoms with Crippen LogP contribution in [0, 0.1) is 10.8 Å². The minimum absolute atomic E-state index is 0.168. The van der Waals surface area contributed by atoms with Gasteiger partial charge in [-0.25, -0.2) is 4.98 Å². The molecule has 0 unspecified atom stereocenters. The summed E-state index contributed by atoms with van der Waals surface area (Å²) in [6.45, 7) is 3.40. The fourth-order valence-corrected chi connectivity index (χ4v) is 2.05. The molecule has 4 N–H and O–H groups in total. The van der Waals surface area contributed by atoms with Crippen molar-refractivity contribution in [1.29, 1.82) is 5.41 Å². The van der Waals surface area contributed by atoms with Crippen molar-refractivity contribution < 1.29 is 0 Å². The van der Waals surface area contributed by atoms with Gasteiger partial charge in [0.25, 0.3) is 5.56 Å². The number of H-pyrrole nitrogens is 1. The SMILES string of the molecule is CC1(C(=N)N)CCN(c2ncc[nH]c2=O)CC1. The molecule has 1 saturated heterocycles. The van der Waals surface area contributed by atoms with E-state index >= 15 is 0 Å². The summed E-state index contributed by atoms with van der Waals surface area (Å²) in [4.78, 5) is 20.2. The first-order valence-electron chi connectivity index (χ1n) is 5.66. The van der Waals surface area contributed by atoms with E-state index in [4.69, 9.17) is 11.1 Å². The Balaban J connectivity index is 2.13. The number of hydrogen-bond acceptors (Lipinski definition) is 4. The average molecular weight is 235 g/mol. The van der Waals surface area contributed by atoms with E-state index in [0.29, 0.717) is 18.9 Å². The van der Waals surface area contributed by atoms with Gasteiger partial charge in [-0.15, -0.1) is 0 Å². The van der Waals surface area contributed by atoms with Gasteiger partial charge in [0.1, 0.15) is 0 Å². The number of rotatable bonds is 2. The summed E-state index contributed by atoms with van der Waals surface area (Å²) in [5, 5.41) is 7.57. The van der Waals surface area contributed by atoms with Gasteiger partial charge in [-0.3, -0.25) is 10.2 Å². The molecule has 0 aliphatic carbocycles. The zero-order valence-corrected chi connectivity index (χ0v) is 9.86. The summed E-state index contributed by atoms with van der Waals surface area (Å²) in [5.41, 5.74) is 5.19. The Morgan fingerprint density at radius 2 is 2.24 bits per heavy atom. The van der Waals surface area contributed by atoms with E-state index in [1.165, 1.54) is 6.20 Å². The van der Waals surface area contributed by atoms with E-state index in [1.54, 1.807) is 6.20 Å². The molecule has 2 heterocycles. The van der Waals surface area contributed by atoms with Crippen LogP contribution in [0.2, 0.25) is 0 Å². The number of nitrogens with one attached hydrogen (secondary N) is 2. The molecule has 1 aromatic heterocycles. The second-order valence-corrected chi connectivity index (χ2v) is 4.70. The Labute approximate surface area is 99.4 Å². The van der Waals surface area contributed by atoms with E-state index < -0.39 is 0 Å². The van der Waals surface area contributed by atoms with Crippen molar-refractivity contribution in [1.82, 2.24) is 9.97 Å². The highest BCUT2D eigenvalue weighted by Crippen LogP contribution is 2.31. The molecule has 6 nitrogen and oxygen atoms in total. The van der Waals surface area contributed by atoms with Crippen LogP contribution in [-0.4, -0.2) is 28.9 Å². The molecule has 1 aromatic rings. The van der Waals surface area contributed by atoms with Crippen LogP contribution < -0.4 is 16.2 Å². The van der Waals surface area contributed by atoms with Crippen LogP contribution >= 0.6 is 0 Å². The van der Waals surface area contributed by atoms with Gasteiger partial charge >= 0.3 is 0 Å². The Kier molecular flexibility index (Phi) is 2.87. The molecule has 0 atom stereocenters. The molecular weight excluding hydrogens is 218 g/mol. The Morgan fingerprint density at radius 3 is 2.76 bits per heavy atom. The van der Waals surface area contributed by atoms with Gasteiger partial charge in [0, 0.05) is 30.9 Å². The third kappa shape index (κ3) is 2.15. The van der Waals surface area contributed by atoms with E-state index in [2.05, 4.69) is 9.97 Å². The quantitative estimate of drug-likeness (QED) is 0.507. The van der Waals surface area contributed by atoms with E-state index in [0.717, 1.165) is 12.8 Å². The van der Waals surface area contributed by atoms with Crippen LogP contribution in [0.5, 0.6) is 0 Å². The number of amidine groups is 1. The molecule has 0 amide bonds. The van der Waals surface area contributed by atoms with Gasteiger partial charge in [-0.05, 0) is 12.8 Å². The highest BCUT2D eigenvalue weighted by atomic mass is 16.1. The van der Waals surface area contributed by atoms with Crippen molar-refractivity contribution in [3.63, 3.8) is 0 Å². The van der Waals surface area contributed by atoms with Crippen molar-refractivity contribution in [2.75, 3.05) is 18.0 Å². The molecule has 0 saturated carbocycles. The lowest BCUT2D eigenvalue weighted by atomic mass is 9.79. The van der Waals surface area contributed by atoms with Crippen LogP contribution in [0.3, 0.4) is 0 Å². The van der Waals surface area contributed by atoms with Gasteiger partial charge in [0.05, 0.1) is 5.84 Å². The molecule has 1 fully saturated rings. The maximum absolute atomic E-state index is 11.6.